The first-order valence-corrected chi connectivity index (χ1v) is 5.75. The second kappa shape index (κ2) is 4.93. The molecule has 1 heterocycles. The van der Waals surface area contributed by atoms with Crippen molar-refractivity contribution in [3.63, 3.8) is 0 Å². The summed E-state index contributed by atoms with van der Waals surface area (Å²) in [5.74, 6) is -0.445. The molecule has 1 N–H and O–H groups in total. The zero-order chi connectivity index (χ0) is 11.4. The van der Waals surface area contributed by atoms with Crippen molar-refractivity contribution in [2.75, 3.05) is 19.8 Å². The van der Waals surface area contributed by atoms with Crippen LogP contribution < -0.4 is 5.32 Å². The molecule has 0 radical (unpaired) electrons. The zero-order valence-corrected chi connectivity index (χ0v) is 9.24. The Morgan fingerprint density at radius 2 is 1.94 bits per heavy atom. The van der Waals surface area contributed by atoms with Gasteiger partial charge in [-0.15, -0.1) is 0 Å². The van der Waals surface area contributed by atoms with Gasteiger partial charge in [-0.05, 0) is 12.8 Å². The van der Waals surface area contributed by atoms with Crippen molar-refractivity contribution in [3.8, 4) is 0 Å². The number of nitrogens with one attached hydrogen (secondary N) is 1. The average Bonchev–Trinajstić information content (AvgIpc) is 2.75. The van der Waals surface area contributed by atoms with Crippen LogP contribution in [0.5, 0.6) is 0 Å². The van der Waals surface area contributed by atoms with Gasteiger partial charge < -0.3 is 19.6 Å². The summed E-state index contributed by atoms with van der Waals surface area (Å²) in [5.41, 5.74) is 0. The van der Waals surface area contributed by atoms with Crippen LogP contribution in [0.3, 0.4) is 0 Å². The quantitative estimate of drug-likeness (QED) is 0.701. The normalized spacial score (nSPS) is 24.5. The van der Waals surface area contributed by atoms with Crippen molar-refractivity contribution >= 4 is 12.2 Å². The van der Waals surface area contributed by atoms with Crippen molar-refractivity contribution in [2.45, 2.75) is 31.5 Å². The Balaban J connectivity index is 1.80. The number of ether oxygens (including phenoxy) is 2. The molecule has 1 saturated carbocycles. The number of hydrogen-bond donors (Lipinski definition) is 1. The number of carbonyl (C=O) groups excluding carboxylic acids is 2. The molecule has 1 aliphatic heterocycles. The van der Waals surface area contributed by atoms with Gasteiger partial charge in [-0.25, -0.2) is 0 Å². The lowest BCUT2D eigenvalue weighted by Crippen LogP contribution is -2.40. The van der Waals surface area contributed by atoms with Crippen LogP contribution in [-0.2, 0) is 19.1 Å². The topological polar surface area (TPSA) is 64.6 Å². The Bertz CT molecular complexity index is 263. The van der Waals surface area contributed by atoms with E-state index in [1.165, 1.54) is 0 Å². The molecule has 0 aromatic rings. The van der Waals surface area contributed by atoms with E-state index in [9.17, 15) is 9.59 Å². The molecule has 2 fully saturated rings. The molecule has 2 rings (SSSR count). The maximum atomic E-state index is 11.6. The summed E-state index contributed by atoms with van der Waals surface area (Å²) in [7, 11) is 0. The summed E-state index contributed by atoms with van der Waals surface area (Å²) >= 11 is 0. The SMILES string of the molecule is O=CCNC(=O)C1CCC2(CC1)OCCO2. The molecular weight excluding hydrogens is 210 g/mol. The van der Waals surface area contributed by atoms with E-state index in [4.69, 9.17) is 9.47 Å². The molecule has 0 unspecified atom stereocenters. The number of carbonyl (C=O) groups is 2. The molecule has 1 amide bonds. The van der Waals surface area contributed by atoms with Crippen molar-refractivity contribution in [1.82, 2.24) is 5.32 Å². The summed E-state index contributed by atoms with van der Waals surface area (Å²) in [6, 6.07) is 0. The minimum atomic E-state index is -0.415. The summed E-state index contributed by atoms with van der Waals surface area (Å²) < 4.78 is 11.2. The molecule has 0 atom stereocenters. The smallest absolute Gasteiger partial charge is 0.223 e. The molecule has 1 aliphatic carbocycles. The summed E-state index contributed by atoms with van der Waals surface area (Å²) in [6.45, 7) is 1.41. The predicted octanol–water partition coefficient (Wildman–Crippen LogP) is 0.235. The van der Waals surface area contributed by atoms with Gasteiger partial charge in [0, 0.05) is 18.8 Å². The molecule has 2 aliphatic rings. The zero-order valence-electron chi connectivity index (χ0n) is 9.24. The number of amides is 1. The molecule has 1 saturated heterocycles. The van der Waals surface area contributed by atoms with Crippen molar-refractivity contribution in [3.05, 3.63) is 0 Å². The first-order valence-electron chi connectivity index (χ1n) is 5.75. The van der Waals surface area contributed by atoms with Gasteiger partial charge in [-0.2, -0.15) is 0 Å². The molecule has 1 spiro atoms. The maximum Gasteiger partial charge on any atom is 0.223 e. The Morgan fingerprint density at radius 1 is 1.31 bits per heavy atom. The van der Waals surface area contributed by atoms with Crippen molar-refractivity contribution < 1.29 is 19.1 Å². The van der Waals surface area contributed by atoms with Crippen molar-refractivity contribution in [2.24, 2.45) is 5.92 Å². The van der Waals surface area contributed by atoms with Gasteiger partial charge in [0.15, 0.2) is 5.79 Å². The van der Waals surface area contributed by atoms with Crippen LogP contribution >= 0.6 is 0 Å². The van der Waals surface area contributed by atoms with Crippen LogP contribution in [0.2, 0.25) is 0 Å². The Hall–Kier alpha value is -0.940. The third-order valence-corrected chi connectivity index (χ3v) is 3.29. The fourth-order valence-corrected chi connectivity index (χ4v) is 2.39. The molecule has 5 nitrogen and oxygen atoms in total. The Morgan fingerprint density at radius 3 is 2.50 bits per heavy atom. The van der Waals surface area contributed by atoms with Gasteiger partial charge in [0.1, 0.15) is 6.29 Å². The molecule has 16 heavy (non-hydrogen) atoms. The van der Waals surface area contributed by atoms with Gasteiger partial charge in [0.2, 0.25) is 5.91 Å². The van der Waals surface area contributed by atoms with E-state index < -0.39 is 5.79 Å². The van der Waals surface area contributed by atoms with E-state index >= 15 is 0 Å². The van der Waals surface area contributed by atoms with E-state index in [-0.39, 0.29) is 18.4 Å². The minimum Gasteiger partial charge on any atom is -0.349 e. The first-order chi connectivity index (χ1) is 7.76. The first kappa shape index (κ1) is 11.5. The van der Waals surface area contributed by atoms with Gasteiger partial charge in [0.05, 0.1) is 19.8 Å². The monoisotopic (exact) mass is 227 g/mol. The number of hydrogen-bond acceptors (Lipinski definition) is 4. The number of rotatable bonds is 3. The highest BCUT2D eigenvalue weighted by Gasteiger charge is 2.41. The highest BCUT2D eigenvalue weighted by Crippen LogP contribution is 2.38. The fourth-order valence-electron chi connectivity index (χ4n) is 2.39. The third-order valence-electron chi connectivity index (χ3n) is 3.29. The lowest BCUT2D eigenvalue weighted by molar-refractivity contribution is -0.183. The standard InChI is InChI=1S/C11H17NO4/c13-6-5-12-10(14)9-1-3-11(4-2-9)15-7-8-16-11/h6,9H,1-5,7-8H2,(H,12,14). The third kappa shape index (κ3) is 2.41. The average molecular weight is 227 g/mol. The van der Waals surface area contributed by atoms with Gasteiger partial charge in [-0.1, -0.05) is 0 Å². The summed E-state index contributed by atoms with van der Waals surface area (Å²) in [4.78, 5) is 21.8. The lowest BCUT2D eigenvalue weighted by atomic mass is 9.84. The van der Waals surface area contributed by atoms with Crippen LogP contribution in [0.25, 0.3) is 0 Å². The maximum absolute atomic E-state index is 11.6. The van der Waals surface area contributed by atoms with E-state index in [2.05, 4.69) is 5.32 Å². The minimum absolute atomic E-state index is 0.00150. The molecule has 0 aromatic carbocycles. The van der Waals surface area contributed by atoms with Gasteiger partial charge >= 0.3 is 0 Å². The second-order valence-corrected chi connectivity index (χ2v) is 4.29. The van der Waals surface area contributed by atoms with Crippen LogP contribution in [0.15, 0.2) is 0 Å². The molecule has 0 aromatic heterocycles. The molecule has 90 valence electrons. The van der Waals surface area contributed by atoms with Crippen molar-refractivity contribution in [1.29, 1.82) is 0 Å². The van der Waals surface area contributed by atoms with Gasteiger partial charge in [0.25, 0.3) is 0 Å². The predicted molar refractivity (Wildman–Crippen MR) is 55.7 cm³/mol. The highest BCUT2D eigenvalue weighted by atomic mass is 16.7. The van der Waals surface area contributed by atoms with Gasteiger partial charge in [-0.3, -0.25) is 4.79 Å². The Kier molecular flexibility index (Phi) is 3.56. The fraction of sp³-hybridized carbons (Fsp3) is 0.818. The highest BCUT2D eigenvalue weighted by molar-refractivity contribution is 5.80. The molecular formula is C11H17NO4. The van der Waals surface area contributed by atoms with Crippen LogP contribution in [0.4, 0.5) is 0 Å². The second-order valence-electron chi connectivity index (χ2n) is 4.29. The van der Waals surface area contributed by atoms with Crippen LogP contribution in [-0.4, -0.2) is 37.7 Å². The summed E-state index contributed by atoms with van der Waals surface area (Å²) in [5, 5.41) is 2.59. The van der Waals surface area contributed by atoms with Crippen LogP contribution in [0, 0.1) is 5.92 Å². The lowest BCUT2D eigenvalue weighted by Gasteiger charge is -2.34. The molecule has 5 heteroatoms. The van der Waals surface area contributed by atoms with Crippen LogP contribution in [0.1, 0.15) is 25.7 Å². The van der Waals surface area contributed by atoms with E-state index in [0.29, 0.717) is 19.5 Å². The van der Waals surface area contributed by atoms with E-state index in [0.717, 1.165) is 25.7 Å². The molecule has 0 bridgehead atoms. The number of aldehydes is 1. The largest absolute Gasteiger partial charge is 0.349 e. The Labute approximate surface area is 94.5 Å². The van der Waals surface area contributed by atoms with E-state index in [1.807, 2.05) is 0 Å². The van der Waals surface area contributed by atoms with E-state index in [1.54, 1.807) is 0 Å². The summed E-state index contributed by atoms with van der Waals surface area (Å²) in [6.07, 6.45) is 3.78.